The fourth-order valence-corrected chi connectivity index (χ4v) is 3.14. The molecule has 2 atom stereocenters. The number of ether oxygens (including phenoxy) is 1. The van der Waals surface area contributed by atoms with Gasteiger partial charge < -0.3 is 14.9 Å². The zero-order chi connectivity index (χ0) is 18.0. The number of nitrogens with zero attached hydrogens (tertiary/aromatic N) is 1. The van der Waals surface area contributed by atoms with Crippen LogP contribution in [-0.4, -0.2) is 22.8 Å². The molecule has 6 heteroatoms. The molecule has 3 rings (SSSR count). The maximum atomic E-state index is 11.4. The molecule has 0 heterocycles. The number of halogens is 1. The van der Waals surface area contributed by atoms with E-state index in [0.29, 0.717) is 28.5 Å². The molecule has 0 amide bonds. The minimum absolute atomic E-state index is 0.0924. The van der Waals surface area contributed by atoms with Gasteiger partial charge in [0.15, 0.2) is 0 Å². The molecule has 2 unspecified atom stereocenters. The van der Waals surface area contributed by atoms with Crippen molar-refractivity contribution in [1.29, 1.82) is 5.26 Å². The number of hydrogen-bond donors (Lipinski definition) is 2. The van der Waals surface area contributed by atoms with Crippen molar-refractivity contribution in [3.63, 3.8) is 0 Å². The summed E-state index contributed by atoms with van der Waals surface area (Å²) >= 11 is 6.09. The molecule has 0 radical (unpaired) electrons. The summed E-state index contributed by atoms with van der Waals surface area (Å²) in [5, 5.41) is 27.8. The third kappa shape index (κ3) is 3.76. The summed E-state index contributed by atoms with van der Waals surface area (Å²) in [5.74, 6) is -0.177. The van der Waals surface area contributed by atoms with E-state index < -0.39 is 5.97 Å². The van der Waals surface area contributed by atoms with Gasteiger partial charge in [0, 0.05) is 5.92 Å². The number of aromatic carboxylic acids is 1. The highest BCUT2D eigenvalue weighted by atomic mass is 35.5. The van der Waals surface area contributed by atoms with Crippen LogP contribution in [0.1, 0.15) is 39.4 Å². The van der Waals surface area contributed by atoms with Gasteiger partial charge in [-0.25, -0.2) is 4.79 Å². The van der Waals surface area contributed by atoms with Crippen LogP contribution in [0.4, 0.5) is 0 Å². The van der Waals surface area contributed by atoms with Crippen molar-refractivity contribution in [3.8, 4) is 11.8 Å². The van der Waals surface area contributed by atoms with Crippen molar-refractivity contribution in [2.45, 2.75) is 18.9 Å². The Hall–Kier alpha value is -2.55. The summed E-state index contributed by atoms with van der Waals surface area (Å²) in [6.45, 7) is 0.292. The van der Waals surface area contributed by atoms with E-state index in [4.69, 9.17) is 21.6 Å². The van der Waals surface area contributed by atoms with E-state index in [1.165, 1.54) is 6.07 Å². The Balaban J connectivity index is 1.69. The van der Waals surface area contributed by atoms with Crippen molar-refractivity contribution in [1.82, 2.24) is 0 Å². The van der Waals surface area contributed by atoms with Gasteiger partial charge in [0.1, 0.15) is 5.75 Å². The van der Waals surface area contributed by atoms with Gasteiger partial charge in [0.05, 0.1) is 35.4 Å². The minimum atomic E-state index is -0.971. The van der Waals surface area contributed by atoms with Crippen LogP contribution in [0, 0.1) is 17.2 Å². The first-order chi connectivity index (χ1) is 12.0. The van der Waals surface area contributed by atoms with Crippen molar-refractivity contribution >= 4 is 17.6 Å². The second kappa shape index (κ2) is 7.14. The molecule has 0 aromatic heterocycles. The Labute approximate surface area is 150 Å². The Kier molecular flexibility index (Phi) is 4.93. The molecule has 2 aromatic rings. The molecule has 0 saturated heterocycles. The van der Waals surface area contributed by atoms with Gasteiger partial charge in [-0.3, -0.25) is 0 Å². The summed E-state index contributed by atoms with van der Waals surface area (Å²) in [4.78, 5) is 11.4. The van der Waals surface area contributed by atoms with Gasteiger partial charge in [-0.15, -0.1) is 0 Å². The van der Waals surface area contributed by atoms with Crippen LogP contribution in [-0.2, 0) is 6.61 Å². The zero-order valence-electron chi connectivity index (χ0n) is 13.3. The van der Waals surface area contributed by atoms with Crippen LogP contribution < -0.4 is 4.74 Å². The molecule has 0 spiro atoms. The van der Waals surface area contributed by atoms with E-state index in [1.54, 1.807) is 30.3 Å². The lowest BCUT2D eigenvalue weighted by molar-refractivity contribution is 0.0695. The van der Waals surface area contributed by atoms with Crippen LogP contribution in [0.5, 0.6) is 5.75 Å². The van der Waals surface area contributed by atoms with Crippen LogP contribution in [0.2, 0.25) is 5.02 Å². The number of carboxylic acid groups (broad SMARTS) is 1. The summed E-state index contributed by atoms with van der Waals surface area (Å²) in [6, 6.07) is 11.8. The second-order valence-corrected chi connectivity index (χ2v) is 6.46. The molecule has 2 N–H and O–H groups in total. The highest BCUT2D eigenvalue weighted by molar-refractivity contribution is 6.32. The van der Waals surface area contributed by atoms with Crippen molar-refractivity contribution < 1.29 is 19.7 Å². The third-order valence-corrected chi connectivity index (χ3v) is 4.66. The molecule has 128 valence electrons. The monoisotopic (exact) mass is 357 g/mol. The van der Waals surface area contributed by atoms with Gasteiger partial charge in [-0.1, -0.05) is 23.7 Å². The van der Waals surface area contributed by atoms with Gasteiger partial charge in [0.2, 0.25) is 0 Å². The summed E-state index contributed by atoms with van der Waals surface area (Å²) < 4.78 is 5.73. The van der Waals surface area contributed by atoms with Gasteiger partial charge in [0.25, 0.3) is 0 Å². The number of benzene rings is 2. The van der Waals surface area contributed by atoms with Gasteiger partial charge in [-0.2, -0.15) is 5.26 Å². The van der Waals surface area contributed by atoms with E-state index in [0.717, 1.165) is 12.0 Å². The second-order valence-electron chi connectivity index (χ2n) is 6.06. The lowest BCUT2D eigenvalue weighted by Gasteiger charge is -2.10. The summed E-state index contributed by atoms with van der Waals surface area (Å²) in [7, 11) is 0. The van der Waals surface area contributed by atoms with Crippen molar-refractivity contribution in [2.24, 2.45) is 5.92 Å². The number of aliphatic hydroxyl groups excluding tert-OH is 1. The van der Waals surface area contributed by atoms with Crippen LogP contribution >= 0.6 is 11.6 Å². The van der Waals surface area contributed by atoms with E-state index in [9.17, 15) is 15.0 Å². The number of rotatable bonds is 6. The largest absolute Gasteiger partial charge is 0.492 e. The lowest BCUT2D eigenvalue weighted by Crippen LogP contribution is -2.06. The maximum absolute atomic E-state index is 11.4. The fraction of sp³-hybridized carbons (Fsp3) is 0.263. The predicted octanol–water partition coefficient (Wildman–Crippen LogP) is 3.58. The van der Waals surface area contributed by atoms with Gasteiger partial charge >= 0.3 is 5.97 Å². The van der Waals surface area contributed by atoms with Gasteiger partial charge in [-0.05, 0) is 47.7 Å². The first kappa shape index (κ1) is 17.3. The van der Waals surface area contributed by atoms with E-state index in [1.807, 2.05) is 6.07 Å². The number of nitriles is 1. The molecule has 2 aromatic carbocycles. The first-order valence-corrected chi connectivity index (χ1v) is 8.20. The molecule has 25 heavy (non-hydrogen) atoms. The molecule has 5 nitrogen and oxygen atoms in total. The molecule has 0 aliphatic heterocycles. The van der Waals surface area contributed by atoms with Crippen LogP contribution in [0.25, 0.3) is 0 Å². The number of carboxylic acids is 1. The van der Waals surface area contributed by atoms with Crippen molar-refractivity contribution in [3.05, 3.63) is 63.7 Å². The first-order valence-electron chi connectivity index (χ1n) is 7.83. The smallest absolute Gasteiger partial charge is 0.335 e. The normalized spacial score (nSPS) is 18.4. The minimum Gasteiger partial charge on any atom is -0.492 e. The molecular weight excluding hydrogens is 342 g/mol. The zero-order valence-corrected chi connectivity index (χ0v) is 14.0. The molecule has 1 fully saturated rings. The quantitative estimate of drug-likeness (QED) is 0.824. The summed E-state index contributed by atoms with van der Waals surface area (Å²) in [6.07, 6.45) is 0.822. The summed E-state index contributed by atoms with van der Waals surface area (Å²) in [5.41, 5.74) is 2.16. The average Bonchev–Trinajstić information content (AvgIpc) is 3.39. The van der Waals surface area contributed by atoms with E-state index in [-0.39, 0.29) is 24.0 Å². The lowest BCUT2D eigenvalue weighted by atomic mass is 9.99. The molecule has 1 saturated carbocycles. The predicted molar refractivity (Wildman–Crippen MR) is 91.8 cm³/mol. The Morgan fingerprint density at radius 3 is 2.76 bits per heavy atom. The number of hydrogen-bond acceptors (Lipinski definition) is 4. The fourth-order valence-electron chi connectivity index (χ4n) is 2.91. The molecule has 1 aliphatic carbocycles. The molecule has 1 aliphatic rings. The highest BCUT2D eigenvalue weighted by Gasteiger charge is 2.41. The van der Waals surface area contributed by atoms with Crippen LogP contribution in [0.15, 0.2) is 36.4 Å². The van der Waals surface area contributed by atoms with Crippen LogP contribution in [0.3, 0.4) is 0 Å². The highest BCUT2D eigenvalue weighted by Crippen LogP contribution is 2.49. The molecule has 0 bridgehead atoms. The number of aliphatic hydroxyl groups is 1. The maximum Gasteiger partial charge on any atom is 0.335 e. The van der Waals surface area contributed by atoms with E-state index in [2.05, 4.69) is 0 Å². The third-order valence-electron chi connectivity index (χ3n) is 4.36. The van der Waals surface area contributed by atoms with E-state index >= 15 is 0 Å². The SMILES string of the molecule is N#Cc1ccc(OCC2CC2c2cc(CO)ccc2C(=O)O)c(Cl)c1. The topological polar surface area (TPSA) is 90.5 Å². The Bertz CT molecular complexity index is 859. The number of carbonyl (C=O) groups is 1. The molecular formula is C19H16ClNO4. The Morgan fingerprint density at radius 2 is 2.12 bits per heavy atom. The average molecular weight is 358 g/mol. The standard InChI is InChI=1S/C19H16ClNO4/c20-17-6-11(8-21)2-4-18(17)25-10-13-7-15(13)16-5-12(9-22)1-3-14(16)19(23)24/h1-6,13,15,22H,7,9-10H2,(H,23,24). The van der Waals surface area contributed by atoms with Crippen molar-refractivity contribution in [2.75, 3.05) is 6.61 Å². The Morgan fingerprint density at radius 1 is 1.32 bits per heavy atom.